The number of ketones is 1. The third-order valence-corrected chi connectivity index (χ3v) is 5.31. The smallest absolute Gasteiger partial charge is 0.168 e. The van der Waals surface area contributed by atoms with Crippen LogP contribution in [0.1, 0.15) is 21.5 Å². The first kappa shape index (κ1) is 13.6. The molecular formula is C14H10BrIO2S. The lowest BCUT2D eigenvalue weighted by molar-refractivity contribution is 0.0992. The molecule has 0 bridgehead atoms. The highest BCUT2D eigenvalue weighted by Gasteiger charge is 2.20. The summed E-state index contributed by atoms with van der Waals surface area (Å²) in [5.74, 6) is 1.05. The van der Waals surface area contributed by atoms with Gasteiger partial charge in [-0.1, -0.05) is 15.9 Å². The molecule has 2 heterocycles. The molecule has 0 radical (unpaired) electrons. The minimum Gasteiger partial charge on any atom is -0.493 e. The van der Waals surface area contributed by atoms with E-state index >= 15 is 0 Å². The minimum absolute atomic E-state index is 0.148. The van der Waals surface area contributed by atoms with Crippen molar-refractivity contribution >= 4 is 55.6 Å². The van der Waals surface area contributed by atoms with E-state index < -0.39 is 0 Å². The predicted octanol–water partition coefficient (Wildman–Crippen LogP) is 4.48. The summed E-state index contributed by atoms with van der Waals surface area (Å²) in [5, 5.41) is 1.92. The first-order valence-electron chi connectivity index (χ1n) is 5.85. The van der Waals surface area contributed by atoms with Gasteiger partial charge in [0.05, 0.1) is 9.49 Å². The van der Waals surface area contributed by atoms with Gasteiger partial charge in [-0.3, -0.25) is 4.79 Å². The molecule has 2 nitrogen and oxygen atoms in total. The molecule has 0 amide bonds. The molecule has 19 heavy (non-hydrogen) atoms. The highest BCUT2D eigenvalue weighted by Crippen LogP contribution is 2.34. The van der Waals surface area contributed by atoms with Crippen molar-refractivity contribution in [2.24, 2.45) is 0 Å². The van der Waals surface area contributed by atoms with Crippen LogP contribution in [0, 0.1) is 2.88 Å². The molecule has 3 rings (SSSR count). The Morgan fingerprint density at radius 3 is 3.00 bits per heavy atom. The van der Waals surface area contributed by atoms with Crippen molar-refractivity contribution in [3.8, 4) is 5.75 Å². The summed E-state index contributed by atoms with van der Waals surface area (Å²) in [6, 6.07) is 6.00. The Kier molecular flexibility index (Phi) is 3.96. The van der Waals surface area contributed by atoms with Crippen molar-refractivity contribution in [3.05, 3.63) is 47.6 Å². The number of halogens is 2. The Morgan fingerprint density at radius 1 is 1.42 bits per heavy atom. The number of ether oxygens (including phenoxy) is 1. The maximum Gasteiger partial charge on any atom is 0.168 e. The summed E-state index contributed by atoms with van der Waals surface area (Å²) in [6.07, 6.45) is 1.32. The van der Waals surface area contributed by atoms with Crippen LogP contribution in [0.4, 0.5) is 0 Å². The van der Waals surface area contributed by atoms with E-state index in [0.29, 0.717) is 13.0 Å². The zero-order valence-corrected chi connectivity index (χ0v) is 14.5. The van der Waals surface area contributed by atoms with Crippen LogP contribution >= 0.6 is 49.9 Å². The number of carbonyl (C=O) groups excluding carboxylic acids is 1. The lowest BCUT2D eigenvalue weighted by atomic mass is 10.0. The molecule has 0 saturated heterocycles. The van der Waals surface area contributed by atoms with Gasteiger partial charge in [0.1, 0.15) is 5.75 Å². The van der Waals surface area contributed by atoms with Crippen molar-refractivity contribution in [1.29, 1.82) is 0 Å². The molecular weight excluding hydrogens is 439 g/mol. The summed E-state index contributed by atoms with van der Waals surface area (Å²) >= 11 is 7.33. The highest BCUT2D eigenvalue weighted by atomic mass is 127. The van der Waals surface area contributed by atoms with Gasteiger partial charge in [-0.05, 0) is 46.4 Å². The molecule has 0 fully saturated rings. The topological polar surface area (TPSA) is 26.3 Å². The summed E-state index contributed by atoms with van der Waals surface area (Å²) in [6.45, 7) is 0.712. The third kappa shape index (κ3) is 2.87. The molecule has 98 valence electrons. The fourth-order valence-corrected chi connectivity index (χ4v) is 4.11. The second kappa shape index (κ2) is 5.54. The summed E-state index contributed by atoms with van der Waals surface area (Å²) in [5.41, 5.74) is 2.96. The fraction of sp³-hybridized carbons (Fsp3) is 0.214. The number of benzene rings is 1. The van der Waals surface area contributed by atoms with Crippen LogP contribution in [-0.4, -0.2) is 12.4 Å². The van der Waals surface area contributed by atoms with Crippen LogP contribution < -0.4 is 4.74 Å². The van der Waals surface area contributed by atoms with Gasteiger partial charge in [0.2, 0.25) is 0 Å². The molecule has 2 aromatic rings. The van der Waals surface area contributed by atoms with Gasteiger partial charge >= 0.3 is 0 Å². The Morgan fingerprint density at radius 2 is 2.26 bits per heavy atom. The minimum atomic E-state index is 0.148. The van der Waals surface area contributed by atoms with Gasteiger partial charge in [0.25, 0.3) is 0 Å². The summed E-state index contributed by atoms with van der Waals surface area (Å²) in [7, 11) is 0. The van der Waals surface area contributed by atoms with E-state index in [2.05, 4.69) is 44.6 Å². The summed E-state index contributed by atoms with van der Waals surface area (Å²) in [4.78, 5) is 12.3. The van der Waals surface area contributed by atoms with Crippen LogP contribution in [-0.2, 0) is 12.8 Å². The first-order chi connectivity index (χ1) is 9.13. The Balaban J connectivity index is 1.90. The third-order valence-electron chi connectivity index (χ3n) is 3.07. The van der Waals surface area contributed by atoms with E-state index in [4.69, 9.17) is 4.74 Å². The molecule has 1 aliphatic rings. The molecule has 0 unspecified atom stereocenters. The quantitative estimate of drug-likeness (QED) is 0.511. The average molecular weight is 449 g/mol. The van der Waals surface area contributed by atoms with E-state index in [1.54, 1.807) is 11.3 Å². The molecule has 0 spiro atoms. The standard InChI is InChI=1S/C14H10BrIO2S/c15-11-3-8-1-2-18-14(8)9(4-11)5-12(17)10-6-13(16)19-7-10/h3-4,6-7H,1-2,5H2. The molecule has 0 N–H and O–H groups in total. The van der Waals surface area contributed by atoms with E-state index in [1.165, 1.54) is 5.56 Å². The van der Waals surface area contributed by atoms with E-state index in [1.807, 2.05) is 17.5 Å². The van der Waals surface area contributed by atoms with E-state index in [0.717, 1.165) is 30.7 Å². The zero-order valence-electron chi connectivity index (χ0n) is 9.91. The molecule has 1 aliphatic heterocycles. The first-order valence-corrected chi connectivity index (χ1v) is 8.60. The maximum atomic E-state index is 12.3. The van der Waals surface area contributed by atoms with Crippen LogP contribution in [0.2, 0.25) is 0 Å². The Hall–Kier alpha value is -0.400. The molecule has 1 aromatic heterocycles. The van der Waals surface area contributed by atoms with Crippen LogP contribution in [0.3, 0.4) is 0 Å². The lowest BCUT2D eigenvalue weighted by Crippen LogP contribution is -2.04. The van der Waals surface area contributed by atoms with Crippen LogP contribution in [0.5, 0.6) is 5.75 Å². The van der Waals surface area contributed by atoms with Gasteiger partial charge in [-0.15, -0.1) is 11.3 Å². The lowest BCUT2D eigenvalue weighted by Gasteiger charge is -2.08. The number of hydrogen-bond acceptors (Lipinski definition) is 3. The Labute approximate surface area is 137 Å². The zero-order chi connectivity index (χ0) is 13.4. The van der Waals surface area contributed by atoms with Crippen molar-refractivity contribution in [2.75, 3.05) is 6.61 Å². The Bertz CT molecular complexity index is 651. The second-order valence-electron chi connectivity index (χ2n) is 4.39. The van der Waals surface area contributed by atoms with E-state index in [-0.39, 0.29) is 5.78 Å². The number of hydrogen-bond donors (Lipinski definition) is 0. The van der Waals surface area contributed by atoms with Crippen molar-refractivity contribution in [1.82, 2.24) is 0 Å². The van der Waals surface area contributed by atoms with Gasteiger partial charge in [-0.25, -0.2) is 0 Å². The predicted molar refractivity (Wildman–Crippen MR) is 88.4 cm³/mol. The van der Waals surface area contributed by atoms with Crippen molar-refractivity contribution < 1.29 is 9.53 Å². The number of rotatable bonds is 3. The van der Waals surface area contributed by atoms with Gasteiger partial charge in [0.15, 0.2) is 5.78 Å². The van der Waals surface area contributed by atoms with Gasteiger partial charge in [-0.2, -0.15) is 0 Å². The van der Waals surface area contributed by atoms with Crippen molar-refractivity contribution in [3.63, 3.8) is 0 Å². The number of Topliss-reactive ketones (excluding diaryl/α,β-unsaturated/α-hetero) is 1. The second-order valence-corrected chi connectivity index (χ2v) is 8.11. The van der Waals surface area contributed by atoms with Gasteiger partial charge < -0.3 is 4.74 Å². The fourth-order valence-electron chi connectivity index (χ4n) is 2.21. The molecule has 5 heteroatoms. The molecule has 0 atom stereocenters. The van der Waals surface area contributed by atoms with Crippen LogP contribution in [0.25, 0.3) is 0 Å². The number of carbonyl (C=O) groups is 1. The number of fused-ring (bicyclic) bond motifs is 1. The highest BCUT2D eigenvalue weighted by molar-refractivity contribution is 14.1. The SMILES string of the molecule is O=C(Cc1cc(Br)cc2c1OCC2)c1csc(I)c1. The van der Waals surface area contributed by atoms with E-state index in [9.17, 15) is 4.79 Å². The number of thiophene rings is 1. The monoisotopic (exact) mass is 448 g/mol. The summed E-state index contributed by atoms with van der Waals surface area (Å²) < 4.78 is 7.80. The average Bonchev–Trinajstić information content (AvgIpc) is 2.97. The largest absolute Gasteiger partial charge is 0.493 e. The molecule has 0 saturated carbocycles. The van der Waals surface area contributed by atoms with Crippen molar-refractivity contribution in [2.45, 2.75) is 12.8 Å². The molecule has 0 aliphatic carbocycles. The normalized spacial score (nSPS) is 13.2. The van der Waals surface area contributed by atoms with Crippen LogP contribution in [0.15, 0.2) is 28.1 Å². The maximum absolute atomic E-state index is 12.3. The van der Waals surface area contributed by atoms with Gasteiger partial charge in [0, 0.05) is 33.8 Å². The molecule has 1 aromatic carbocycles.